The van der Waals surface area contributed by atoms with Gasteiger partial charge < -0.3 is 20.3 Å². The molecule has 0 saturated heterocycles. The molecule has 2 aromatic rings. The van der Waals surface area contributed by atoms with Crippen LogP contribution in [0, 0.1) is 6.92 Å². The number of carbonyl (C=O) groups excluding carboxylic acids is 3. The summed E-state index contributed by atoms with van der Waals surface area (Å²) in [5.41, 5.74) is 4.41. The van der Waals surface area contributed by atoms with Crippen molar-refractivity contribution in [2.75, 3.05) is 7.11 Å². The van der Waals surface area contributed by atoms with Crippen molar-refractivity contribution >= 4 is 17.7 Å². The Kier molecular flexibility index (Phi) is 5.64. The predicted octanol–water partition coefficient (Wildman–Crippen LogP) is 2.64. The molecule has 8 nitrogen and oxygen atoms in total. The van der Waals surface area contributed by atoms with Crippen molar-refractivity contribution < 1.29 is 29.0 Å². The molecule has 1 atom stereocenters. The summed E-state index contributed by atoms with van der Waals surface area (Å²) in [4.78, 5) is 39.0. The number of ether oxygens (including phenoxy) is 2. The van der Waals surface area contributed by atoms with Crippen molar-refractivity contribution in [3.05, 3.63) is 58.7 Å². The molecule has 0 bridgehead atoms. The molecule has 1 saturated carbocycles. The summed E-state index contributed by atoms with van der Waals surface area (Å²) in [6.07, 6.45) is 3.27. The van der Waals surface area contributed by atoms with Crippen LogP contribution in [0.4, 0.5) is 0 Å². The van der Waals surface area contributed by atoms with Gasteiger partial charge in [0.25, 0.3) is 11.8 Å². The maximum absolute atomic E-state index is 13.2. The van der Waals surface area contributed by atoms with Crippen LogP contribution in [0.25, 0.3) is 0 Å². The summed E-state index contributed by atoms with van der Waals surface area (Å²) >= 11 is 0. The van der Waals surface area contributed by atoms with E-state index < -0.39 is 29.9 Å². The zero-order chi connectivity index (χ0) is 23.0. The smallest absolute Gasteiger partial charge is 0.264 e. The summed E-state index contributed by atoms with van der Waals surface area (Å²) in [5.74, 6) is -1.43. The minimum atomic E-state index is -2.28. The van der Waals surface area contributed by atoms with Crippen LogP contribution in [-0.2, 0) is 10.5 Å². The van der Waals surface area contributed by atoms with E-state index in [4.69, 9.17) is 15.2 Å². The standard InChI is InChI=1S/C24H26N2O6/c1-14-7-9-17-18(11-14)23(29)26(22(17)28)24(30,13-21(25)27)15-8-10-19(31-2)20(12-15)32-16-5-3-4-6-16/h7-12,16,30H,3-6,13H2,1-2H3,(H2,25,27). The molecule has 0 aromatic heterocycles. The fraction of sp³-hybridized carbons (Fsp3) is 0.375. The molecular formula is C24H26N2O6. The van der Waals surface area contributed by atoms with Crippen molar-refractivity contribution in [1.82, 2.24) is 4.90 Å². The van der Waals surface area contributed by atoms with E-state index in [2.05, 4.69) is 0 Å². The van der Waals surface area contributed by atoms with E-state index in [-0.39, 0.29) is 22.8 Å². The van der Waals surface area contributed by atoms with Gasteiger partial charge in [0, 0.05) is 5.56 Å². The van der Waals surface area contributed by atoms with E-state index in [1.54, 1.807) is 25.1 Å². The number of nitrogens with two attached hydrogens (primary N) is 1. The first-order valence-corrected chi connectivity index (χ1v) is 10.6. The van der Waals surface area contributed by atoms with Crippen LogP contribution in [0.1, 0.15) is 63.9 Å². The molecule has 2 aromatic carbocycles. The number of aliphatic hydroxyl groups is 1. The van der Waals surface area contributed by atoms with E-state index in [1.807, 2.05) is 0 Å². The molecule has 32 heavy (non-hydrogen) atoms. The SMILES string of the molecule is COc1ccc(C(O)(CC(N)=O)N2C(=O)c3ccc(C)cc3C2=O)cc1OC1CCCC1. The van der Waals surface area contributed by atoms with Crippen molar-refractivity contribution in [2.45, 2.75) is 50.9 Å². The molecule has 1 aliphatic carbocycles. The lowest BCUT2D eigenvalue weighted by atomic mass is 9.96. The lowest BCUT2D eigenvalue weighted by Crippen LogP contribution is -2.51. The Hall–Kier alpha value is -3.39. The molecule has 2 aliphatic rings. The number of hydrogen-bond donors (Lipinski definition) is 2. The van der Waals surface area contributed by atoms with E-state index >= 15 is 0 Å². The second-order valence-electron chi connectivity index (χ2n) is 8.34. The highest BCUT2D eigenvalue weighted by Gasteiger charge is 2.50. The zero-order valence-corrected chi connectivity index (χ0v) is 18.1. The predicted molar refractivity (Wildman–Crippen MR) is 115 cm³/mol. The molecule has 0 radical (unpaired) electrons. The number of imide groups is 1. The molecule has 1 fully saturated rings. The summed E-state index contributed by atoms with van der Waals surface area (Å²) in [5, 5.41) is 11.7. The van der Waals surface area contributed by atoms with Crippen LogP contribution in [0.5, 0.6) is 11.5 Å². The van der Waals surface area contributed by atoms with Crippen LogP contribution in [0.3, 0.4) is 0 Å². The van der Waals surface area contributed by atoms with Gasteiger partial charge in [-0.3, -0.25) is 14.4 Å². The monoisotopic (exact) mass is 438 g/mol. The van der Waals surface area contributed by atoms with Crippen LogP contribution < -0.4 is 15.2 Å². The van der Waals surface area contributed by atoms with Crippen molar-refractivity contribution in [3.63, 3.8) is 0 Å². The maximum Gasteiger partial charge on any atom is 0.264 e. The number of primary amides is 1. The number of methoxy groups -OCH3 is 1. The van der Waals surface area contributed by atoms with Gasteiger partial charge in [-0.15, -0.1) is 0 Å². The minimum absolute atomic E-state index is 0.00524. The van der Waals surface area contributed by atoms with E-state index in [0.29, 0.717) is 16.4 Å². The number of carbonyl (C=O) groups is 3. The quantitative estimate of drug-likeness (QED) is 0.642. The largest absolute Gasteiger partial charge is 0.493 e. The van der Waals surface area contributed by atoms with Crippen molar-refractivity contribution in [1.29, 1.82) is 0 Å². The number of nitrogens with zero attached hydrogens (tertiary/aromatic N) is 1. The van der Waals surface area contributed by atoms with Gasteiger partial charge in [0.2, 0.25) is 5.91 Å². The summed E-state index contributed by atoms with van der Waals surface area (Å²) in [7, 11) is 1.50. The van der Waals surface area contributed by atoms with Crippen molar-refractivity contribution in [2.24, 2.45) is 5.73 Å². The molecule has 1 heterocycles. The molecule has 8 heteroatoms. The summed E-state index contributed by atoms with van der Waals surface area (Å²) < 4.78 is 11.5. The zero-order valence-electron chi connectivity index (χ0n) is 18.1. The highest BCUT2D eigenvalue weighted by Crippen LogP contribution is 2.41. The third-order valence-corrected chi connectivity index (χ3v) is 6.05. The second-order valence-corrected chi connectivity index (χ2v) is 8.34. The fourth-order valence-electron chi connectivity index (χ4n) is 4.45. The number of rotatable bonds is 7. The normalized spacial score (nSPS) is 17.9. The Morgan fingerprint density at radius 3 is 2.44 bits per heavy atom. The number of aryl methyl sites for hydroxylation is 1. The molecule has 3 amide bonds. The Morgan fingerprint density at radius 1 is 1.09 bits per heavy atom. The Balaban J connectivity index is 1.79. The van der Waals surface area contributed by atoms with Gasteiger partial charge in [-0.1, -0.05) is 17.7 Å². The third kappa shape index (κ3) is 3.71. The first-order chi connectivity index (χ1) is 15.2. The highest BCUT2D eigenvalue weighted by molar-refractivity contribution is 6.22. The number of fused-ring (bicyclic) bond motifs is 1. The second kappa shape index (κ2) is 8.27. The molecule has 4 rings (SSSR count). The topological polar surface area (TPSA) is 119 Å². The number of hydrogen-bond acceptors (Lipinski definition) is 6. The average Bonchev–Trinajstić information content (AvgIpc) is 3.34. The lowest BCUT2D eigenvalue weighted by Gasteiger charge is -2.35. The van der Waals surface area contributed by atoms with E-state index in [9.17, 15) is 19.5 Å². The van der Waals surface area contributed by atoms with Gasteiger partial charge in [0.15, 0.2) is 17.2 Å². The summed E-state index contributed by atoms with van der Waals surface area (Å²) in [6, 6.07) is 9.42. The molecule has 3 N–H and O–H groups in total. The fourth-order valence-corrected chi connectivity index (χ4v) is 4.45. The Bertz CT molecular complexity index is 1090. The van der Waals surface area contributed by atoms with Crippen LogP contribution in [0.15, 0.2) is 36.4 Å². The minimum Gasteiger partial charge on any atom is -0.493 e. The summed E-state index contributed by atoms with van der Waals surface area (Å²) in [6.45, 7) is 1.80. The molecule has 1 unspecified atom stereocenters. The first kappa shape index (κ1) is 21.8. The van der Waals surface area contributed by atoms with Crippen LogP contribution >= 0.6 is 0 Å². The molecule has 1 aliphatic heterocycles. The van der Waals surface area contributed by atoms with Crippen molar-refractivity contribution in [3.8, 4) is 11.5 Å². The van der Waals surface area contributed by atoms with Gasteiger partial charge in [-0.25, -0.2) is 4.90 Å². The van der Waals surface area contributed by atoms with Gasteiger partial charge in [-0.2, -0.15) is 0 Å². The highest BCUT2D eigenvalue weighted by atomic mass is 16.5. The molecule has 168 valence electrons. The lowest BCUT2D eigenvalue weighted by molar-refractivity contribution is -0.131. The van der Waals surface area contributed by atoms with Crippen LogP contribution in [-0.4, -0.2) is 40.9 Å². The van der Waals surface area contributed by atoms with Gasteiger partial charge in [-0.05, 0) is 56.9 Å². The maximum atomic E-state index is 13.2. The van der Waals surface area contributed by atoms with Gasteiger partial charge >= 0.3 is 0 Å². The molecule has 0 spiro atoms. The van der Waals surface area contributed by atoms with Gasteiger partial charge in [0.1, 0.15) is 0 Å². The third-order valence-electron chi connectivity index (χ3n) is 6.05. The van der Waals surface area contributed by atoms with E-state index in [1.165, 1.54) is 25.3 Å². The van der Waals surface area contributed by atoms with E-state index in [0.717, 1.165) is 31.2 Å². The Labute approximate surface area is 185 Å². The average molecular weight is 438 g/mol. The van der Waals surface area contributed by atoms with Crippen LogP contribution in [0.2, 0.25) is 0 Å². The molecular weight excluding hydrogens is 412 g/mol. The number of benzene rings is 2. The Morgan fingerprint density at radius 2 is 1.78 bits per heavy atom. The van der Waals surface area contributed by atoms with Gasteiger partial charge in [0.05, 0.1) is 30.8 Å². The first-order valence-electron chi connectivity index (χ1n) is 10.6. The number of amides is 3.